The highest BCUT2D eigenvalue weighted by Gasteiger charge is 2.21. The van der Waals surface area contributed by atoms with Gasteiger partial charge in [0.15, 0.2) is 5.78 Å². The van der Waals surface area contributed by atoms with Crippen molar-refractivity contribution in [2.75, 3.05) is 26.2 Å². The molecule has 40 heavy (non-hydrogen) atoms. The number of ketones is 1. The zero-order chi connectivity index (χ0) is 27.9. The van der Waals surface area contributed by atoms with Gasteiger partial charge in [-0.05, 0) is 87.2 Å². The molecule has 0 radical (unpaired) electrons. The van der Waals surface area contributed by atoms with E-state index in [1.165, 1.54) is 35.1 Å². The van der Waals surface area contributed by atoms with Gasteiger partial charge in [0.25, 0.3) is 5.69 Å². The number of rotatable bonds is 10. The van der Waals surface area contributed by atoms with E-state index >= 15 is 0 Å². The van der Waals surface area contributed by atoms with Gasteiger partial charge in [-0.3, -0.25) is 24.7 Å². The average molecular weight is 540 g/mol. The van der Waals surface area contributed by atoms with Crippen LogP contribution in [0, 0.1) is 23.0 Å². The number of carbonyl (C=O) groups is 1. The highest BCUT2D eigenvalue weighted by molar-refractivity contribution is 5.96. The molecule has 0 amide bonds. The normalized spacial score (nSPS) is 16.8. The number of para-hydroxylation sites is 1. The van der Waals surface area contributed by atoms with Crippen molar-refractivity contribution in [2.24, 2.45) is 5.92 Å². The van der Waals surface area contributed by atoms with Crippen molar-refractivity contribution in [1.82, 2.24) is 9.80 Å². The number of hydrogen-bond acceptors (Lipinski definition) is 5. The Labute approximate surface area is 238 Å². The van der Waals surface area contributed by atoms with Crippen molar-refractivity contribution in [3.8, 4) is 0 Å². The van der Waals surface area contributed by atoms with E-state index in [-0.39, 0.29) is 16.4 Å². The van der Waals surface area contributed by atoms with E-state index < -0.39 is 0 Å². The Hall–Kier alpha value is -3.35. The van der Waals surface area contributed by atoms with Crippen molar-refractivity contribution in [3.05, 3.63) is 110 Å². The van der Waals surface area contributed by atoms with Gasteiger partial charge in [-0.2, -0.15) is 0 Å². The van der Waals surface area contributed by atoms with Crippen LogP contribution in [0.4, 0.5) is 5.69 Å². The summed E-state index contributed by atoms with van der Waals surface area (Å²) in [5.41, 5.74) is 7.01. The molecule has 0 aliphatic carbocycles. The predicted octanol–water partition coefficient (Wildman–Crippen LogP) is 6.77. The summed E-state index contributed by atoms with van der Waals surface area (Å²) in [6, 6.07) is 22.1. The van der Waals surface area contributed by atoms with E-state index in [2.05, 4.69) is 53.1 Å². The standard InChI is InChI=1S/C34H41N3O3/c1-26-9-11-28(12-10-26)24-35-19-15-27(16-20-35)5-4-8-34(38)31-14-13-29-17-21-36(22-18-30(29)23-31)25-32-6-2-3-7-33(32)37(39)40/h2-3,6-7,9-14,23,27H,4-5,8,15-22,24-25H2,1H3. The lowest BCUT2D eigenvalue weighted by molar-refractivity contribution is -0.385. The fourth-order valence-corrected chi connectivity index (χ4v) is 6.25. The summed E-state index contributed by atoms with van der Waals surface area (Å²) < 4.78 is 0. The fraction of sp³-hybridized carbons (Fsp3) is 0.441. The first kappa shape index (κ1) is 28.2. The highest BCUT2D eigenvalue weighted by atomic mass is 16.6. The second kappa shape index (κ2) is 13.3. The molecule has 3 aromatic rings. The first-order chi connectivity index (χ1) is 19.4. The zero-order valence-electron chi connectivity index (χ0n) is 23.7. The molecular weight excluding hydrogens is 498 g/mol. The summed E-state index contributed by atoms with van der Waals surface area (Å²) in [4.78, 5) is 29.0. The third-order valence-corrected chi connectivity index (χ3v) is 8.76. The summed E-state index contributed by atoms with van der Waals surface area (Å²) >= 11 is 0. The number of nitro groups is 1. The number of hydrogen-bond donors (Lipinski definition) is 0. The number of nitro benzene ring substituents is 1. The van der Waals surface area contributed by atoms with Gasteiger partial charge in [0.1, 0.15) is 0 Å². The maximum atomic E-state index is 13.1. The molecule has 2 aliphatic rings. The number of piperidine rings is 1. The minimum atomic E-state index is -0.296. The summed E-state index contributed by atoms with van der Waals surface area (Å²) in [6.45, 7) is 7.72. The number of aryl methyl sites for hydroxylation is 1. The summed E-state index contributed by atoms with van der Waals surface area (Å²) in [5, 5.41) is 11.4. The minimum Gasteiger partial charge on any atom is -0.299 e. The highest BCUT2D eigenvalue weighted by Crippen LogP contribution is 2.26. The zero-order valence-corrected chi connectivity index (χ0v) is 23.7. The van der Waals surface area contributed by atoms with Gasteiger partial charge >= 0.3 is 0 Å². The number of Topliss-reactive ketones (excluding diaryl/α,β-unsaturated/α-hetero) is 1. The molecule has 3 aromatic carbocycles. The van der Waals surface area contributed by atoms with Crippen LogP contribution in [0.15, 0.2) is 66.7 Å². The lowest BCUT2D eigenvalue weighted by Gasteiger charge is -2.32. The maximum absolute atomic E-state index is 13.1. The topological polar surface area (TPSA) is 66.7 Å². The molecular formula is C34H41N3O3. The third-order valence-electron chi connectivity index (χ3n) is 8.76. The Morgan fingerprint density at radius 2 is 1.57 bits per heavy atom. The van der Waals surface area contributed by atoms with Crippen LogP contribution in [-0.2, 0) is 25.9 Å². The predicted molar refractivity (Wildman–Crippen MR) is 160 cm³/mol. The Kier molecular flexibility index (Phi) is 9.40. The molecule has 0 unspecified atom stereocenters. The molecule has 6 nitrogen and oxygen atoms in total. The number of benzene rings is 3. The van der Waals surface area contributed by atoms with Crippen molar-refractivity contribution in [2.45, 2.75) is 65.0 Å². The number of nitrogens with zero attached hydrogens (tertiary/aromatic N) is 3. The van der Waals surface area contributed by atoms with Crippen molar-refractivity contribution in [1.29, 1.82) is 0 Å². The van der Waals surface area contributed by atoms with Crippen LogP contribution in [0.2, 0.25) is 0 Å². The first-order valence-electron chi connectivity index (χ1n) is 14.8. The molecule has 5 rings (SSSR count). The SMILES string of the molecule is Cc1ccc(CN2CCC(CCCC(=O)c3ccc4c(c3)CCN(Cc3ccccc3[N+](=O)[O-])CC4)CC2)cc1. The number of fused-ring (bicyclic) bond motifs is 1. The van der Waals surface area contributed by atoms with Crippen LogP contribution in [-0.4, -0.2) is 46.7 Å². The molecule has 1 saturated heterocycles. The van der Waals surface area contributed by atoms with E-state index in [9.17, 15) is 14.9 Å². The molecule has 1 fully saturated rings. The third kappa shape index (κ3) is 7.43. The van der Waals surface area contributed by atoms with E-state index in [4.69, 9.17) is 0 Å². The Morgan fingerprint density at radius 1 is 0.875 bits per heavy atom. The molecule has 2 aliphatic heterocycles. The smallest absolute Gasteiger partial charge is 0.273 e. The van der Waals surface area contributed by atoms with Crippen LogP contribution in [0.3, 0.4) is 0 Å². The van der Waals surface area contributed by atoms with E-state index in [1.54, 1.807) is 12.1 Å². The van der Waals surface area contributed by atoms with E-state index in [0.29, 0.717) is 13.0 Å². The quantitative estimate of drug-likeness (QED) is 0.162. The molecule has 210 valence electrons. The lowest BCUT2D eigenvalue weighted by Crippen LogP contribution is -2.33. The minimum absolute atomic E-state index is 0.185. The molecule has 0 atom stereocenters. The molecule has 6 heteroatoms. The van der Waals surface area contributed by atoms with Crippen molar-refractivity contribution >= 4 is 11.5 Å². The average Bonchev–Trinajstić information content (AvgIpc) is 3.17. The van der Waals surface area contributed by atoms with Crippen molar-refractivity contribution in [3.63, 3.8) is 0 Å². The Balaban J connectivity index is 1.06. The lowest BCUT2D eigenvalue weighted by atomic mass is 9.90. The Bertz CT molecular complexity index is 1310. The van der Waals surface area contributed by atoms with Gasteiger partial charge in [-0.25, -0.2) is 0 Å². The molecule has 0 spiro atoms. The van der Waals surface area contributed by atoms with E-state index in [0.717, 1.165) is 75.5 Å². The van der Waals surface area contributed by atoms with Crippen LogP contribution >= 0.6 is 0 Å². The maximum Gasteiger partial charge on any atom is 0.273 e. The van der Waals surface area contributed by atoms with Gasteiger partial charge in [-0.1, -0.05) is 60.2 Å². The van der Waals surface area contributed by atoms with E-state index in [1.807, 2.05) is 18.2 Å². The van der Waals surface area contributed by atoms with Crippen LogP contribution in [0.1, 0.15) is 70.3 Å². The molecule has 0 saturated carbocycles. The molecule has 0 bridgehead atoms. The van der Waals surface area contributed by atoms with Crippen LogP contribution in [0.5, 0.6) is 0 Å². The first-order valence-corrected chi connectivity index (χ1v) is 14.8. The van der Waals surface area contributed by atoms with Crippen LogP contribution < -0.4 is 0 Å². The van der Waals surface area contributed by atoms with Gasteiger partial charge in [0.05, 0.1) is 4.92 Å². The second-order valence-electron chi connectivity index (χ2n) is 11.7. The van der Waals surface area contributed by atoms with Crippen molar-refractivity contribution < 1.29 is 9.72 Å². The molecule has 0 N–H and O–H groups in total. The van der Waals surface area contributed by atoms with Crippen LogP contribution in [0.25, 0.3) is 0 Å². The summed E-state index contributed by atoms with van der Waals surface area (Å²) in [5.74, 6) is 0.973. The van der Waals surface area contributed by atoms with Gasteiger partial charge in [0, 0.05) is 49.8 Å². The summed E-state index contributed by atoms with van der Waals surface area (Å²) in [6.07, 6.45) is 6.92. The number of carbonyl (C=O) groups excluding carboxylic acids is 1. The van der Waals surface area contributed by atoms with Gasteiger partial charge in [-0.15, -0.1) is 0 Å². The summed E-state index contributed by atoms with van der Waals surface area (Å²) in [7, 11) is 0. The van der Waals surface area contributed by atoms with Gasteiger partial charge < -0.3 is 0 Å². The van der Waals surface area contributed by atoms with Gasteiger partial charge in [0.2, 0.25) is 0 Å². The monoisotopic (exact) mass is 539 g/mol. The molecule has 0 aromatic heterocycles. The number of likely N-dealkylation sites (tertiary alicyclic amines) is 1. The molecule has 2 heterocycles. The largest absolute Gasteiger partial charge is 0.299 e. The fourth-order valence-electron chi connectivity index (χ4n) is 6.25. The second-order valence-corrected chi connectivity index (χ2v) is 11.7. The Morgan fingerprint density at radius 3 is 2.33 bits per heavy atom.